The number of nitrogen functional groups attached to an aromatic ring is 1. The highest BCUT2D eigenvalue weighted by molar-refractivity contribution is 6.10. The van der Waals surface area contributed by atoms with E-state index >= 15 is 0 Å². The summed E-state index contributed by atoms with van der Waals surface area (Å²) < 4.78 is 0. The summed E-state index contributed by atoms with van der Waals surface area (Å²) in [6.07, 6.45) is 2.86. The van der Waals surface area contributed by atoms with Crippen LogP contribution in [-0.2, 0) is 0 Å². The Morgan fingerprint density at radius 1 is 1.50 bits per heavy atom. The molecule has 0 unspecified atom stereocenters. The van der Waals surface area contributed by atoms with Gasteiger partial charge in [-0.2, -0.15) is 15.4 Å². The molecule has 2 heterocycles. The van der Waals surface area contributed by atoms with Crippen LogP contribution in [0, 0.1) is 0 Å². The van der Waals surface area contributed by atoms with E-state index in [4.69, 9.17) is 5.73 Å². The fourth-order valence-corrected chi connectivity index (χ4v) is 1.06. The highest BCUT2D eigenvalue weighted by Crippen LogP contribution is 2.11. The van der Waals surface area contributed by atoms with Gasteiger partial charge in [-0.15, -0.1) is 0 Å². The molecule has 0 aliphatic rings. The first kappa shape index (κ1) is 8.36. The predicted octanol–water partition coefficient (Wildman–Crippen LogP) is 0.0129. The number of anilines is 1. The van der Waals surface area contributed by atoms with Crippen LogP contribution in [0.25, 0.3) is 0 Å². The van der Waals surface area contributed by atoms with Crippen LogP contribution in [0.15, 0.2) is 24.5 Å². The van der Waals surface area contributed by atoms with Crippen LogP contribution >= 0.6 is 0 Å². The second-order valence-corrected chi connectivity index (χ2v) is 2.62. The van der Waals surface area contributed by atoms with Gasteiger partial charge in [0.25, 0.3) is 0 Å². The Balaban J connectivity index is 2.42. The number of aromatic amines is 1. The second kappa shape index (κ2) is 3.25. The summed E-state index contributed by atoms with van der Waals surface area (Å²) >= 11 is 0. The van der Waals surface area contributed by atoms with Crippen molar-refractivity contribution in [2.24, 2.45) is 0 Å². The Hall–Kier alpha value is -2.24. The molecule has 6 heteroatoms. The van der Waals surface area contributed by atoms with Gasteiger partial charge in [-0.05, 0) is 12.1 Å². The minimum Gasteiger partial charge on any atom is -0.383 e. The van der Waals surface area contributed by atoms with E-state index in [9.17, 15) is 4.79 Å². The van der Waals surface area contributed by atoms with Gasteiger partial charge in [0.15, 0.2) is 5.69 Å². The molecule has 0 bridgehead atoms. The molecular weight excluding hydrogens is 182 g/mol. The van der Waals surface area contributed by atoms with Crippen LogP contribution in [0.1, 0.15) is 16.1 Å². The average Bonchev–Trinajstić information content (AvgIpc) is 2.70. The van der Waals surface area contributed by atoms with Crippen LogP contribution in [0.4, 0.5) is 5.82 Å². The molecule has 70 valence electrons. The summed E-state index contributed by atoms with van der Waals surface area (Å²) in [6, 6.07) is 3.24. The molecule has 0 fully saturated rings. The Kier molecular flexibility index (Phi) is 1.94. The molecule has 0 atom stereocenters. The summed E-state index contributed by atoms with van der Waals surface area (Å²) in [4.78, 5) is 15.5. The average molecular weight is 189 g/mol. The first-order valence-electron chi connectivity index (χ1n) is 3.90. The maximum atomic E-state index is 11.7. The number of ketones is 1. The molecule has 0 spiro atoms. The Labute approximate surface area is 79.2 Å². The van der Waals surface area contributed by atoms with Crippen molar-refractivity contribution in [1.82, 2.24) is 20.4 Å². The molecule has 0 radical (unpaired) electrons. The number of rotatable bonds is 2. The minimum absolute atomic E-state index is 0.195. The van der Waals surface area contributed by atoms with Crippen LogP contribution in [-0.4, -0.2) is 26.2 Å². The lowest BCUT2D eigenvalue weighted by Gasteiger charge is -1.99. The summed E-state index contributed by atoms with van der Waals surface area (Å²) in [5.74, 6) is -0.0927. The molecular formula is C8H7N5O. The highest BCUT2D eigenvalue weighted by atomic mass is 16.1. The zero-order chi connectivity index (χ0) is 9.97. The molecule has 0 saturated carbocycles. The van der Waals surface area contributed by atoms with Gasteiger partial charge in [-0.3, -0.25) is 4.79 Å². The lowest BCUT2D eigenvalue weighted by atomic mass is 10.1. The van der Waals surface area contributed by atoms with Gasteiger partial charge < -0.3 is 5.73 Å². The third kappa shape index (κ3) is 1.33. The number of nitrogens with two attached hydrogens (primary N) is 1. The fourth-order valence-electron chi connectivity index (χ4n) is 1.06. The molecule has 2 aromatic heterocycles. The topological polar surface area (TPSA) is 97.5 Å². The maximum absolute atomic E-state index is 11.7. The molecule has 14 heavy (non-hydrogen) atoms. The van der Waals surface area contributed by atoms with Crippen LogP contribution < -0.4 is 5.73 Å². The zero-order valence-electron chi connectivity index (χ0n) is 7.14. The van der Waals surface area contributed by atoms with Crippen LogP contribution in [0.3, 0.4) is 0 Å². The van der Waals surface area contributed by atoms with Gasteiger partial charge >= 0.3 is 0 Å². The van der Waals surface area contributed by atoms with E-state index in [-0.39, 0.29) is 17.3 Å². The first-order chi connectivity index (χ1) is 6.79. The van der Waals surface area contributed by atoms with Gasteiger partial charge in [0.1, 0.15) is 5.82 Å². The molecule has 3 N–H and O–H groups in total. The number of nitrogens with zero attached hydrogens (tertiary/aromatic N) is 3. The van der Waals surface area contributed by atoms with Gasteiger partial charge in [0.05, 0.1) is 11.8 Å². The number of pyridine rings is 1. The lowest BCUT2D eigenvalue weighted by molar-refractivity contribution is 0.103. The minimum atomic E-state index is -0.288. The third-order valence-corrected chi connectivity index (χ3v) is 1.73. The van der Waals surface area contributed by atoms with E-state index in [1.54, 1.807) is 12.1 Å². The molecule has 0 aromatic carbocycles. The summed E-state index contributed by atoms with van der Waals surface area (Å²) in [5, 5.41) is 9.56. The highest BCUT2D eigenvalue weighted by Gasteiger charge is 2.14. The van der Waals surface area contributed by atoms with E-state index in [0.29, 0.717) is 5.56 Å². The molecule has 0 aliphatic heterocycles. The molecule has 6 nitrogen and oxygen atoms in total. The van der Waals surface area contributed by atoms with Crippen molar-refractivity contribution in [3.63, 3.8) is 0 Å². The van der Waals surface area contributed by atoms with Crippen molar-refractivity contribution in [2.45, 2.75) is 0 Å². The second-order valence-electron chi connectivity index (χ2n) is 2.62. The predicted molar refractivity (Wildman–Crippen MR) is 48.5 cm³/mol. The van der Waals surface area contributed by atoms with E-state index in [2.05, 4.69) is 20.4 Å². The van der Waals surface area contributed by atoms with Crippen LogP contribution in [0.5, 0.6) is 0 Å². The Morgan fingerprint density at radius 2 is 2.36 bits per heavy atom. The quantitative estimate of drug-likeness (QED) is 0.648. The van der Waals surface area contributed by atoms with E-state index in [1.165, 1.54) is 12.4 Å². The van der Waals surface area contributed by atoms with Gasteiger partial charge in [0.2, 0.25) is 5.78 Å². The van der Waals surface area contributed by atoms with Crippen LogP contribution in [0.2, 0.25) is 0 Å². The maximum Gasteiger partial charge on any atom is 0.218 e. The van der Waals surface area contributed by atoms with Crippen molar-refractivity contribution >= 4 is 11.6 Å². The summed E-state index contributed by atoms with van der Waals surface area (Å²) in [7, 11) is 0. The van der Waals surface area contributed by atoms with E-state index in [0.717, 1.165) is 0 Å². The lowest BCUT2D eigenvalue weighted by Crippen LogP contribution is -2.06. The molecule has 2 aromatic rings. The Morgan fingerprint density at radius 3 is 3.00 bits per heavy atom. The van der Waals surface area contributed by atoms with Crippen molar-refractivity contribution < 1.29 is 4.79 Å². The molecule has 0 saturated heterocycles. The van der Waals surface area contributed by atoms with E-state index < -0.39 is 0 Å². The monoisotopic (exact) mass is 189 g/mol. The van der Waals surface area contributed by atoms with Crippen molar-refractivity contribution in [2.75, 3.05) is 5.73 Å². The fraction of sp³-hybridized carbons (Fsp3) is 0. The first-order valence-corrected chi connectivity index (χ1v) is 3.90. The number of aromatic nitrogens is 4. The number of nitrogens with one attached hydrogen (secondary N) is 1. The number of carbonyl (C=O) groups is 1. The zero-order valence-corrected chi connectivity index (χ0v) is 7.14. The SMILES string of the molecule is Nc1ncccc1C(=O)c1cn[nH]n1. The molecule has 0 amide bonds. The van der Waals surface area contributed by atoms with Gasteiger partial charge in [-0.1, -0.05) is 0 Å². The van der Waals surface area contributed by atoms with Crippen molar-refractivity contribution in [3.05, 3.63) is 35.8 Å². The smallest absolute Gasteiger partial charge is 0.218 e. The number of hydrogen-bond acceptors (Lipinski definition) is 5. The van der Waals surface area contributed by atoms with Crippen molar-refractivity contribution in [3.8, 4) is 0 Å². The number of hydrogen-bond donors (Lipinski definition) is 2. The van der Waals surface area contributed by atoms with Crippen molar-refractivity contribution in [1.29, 1.82) is 0 Å². The van der Waals surface area contributed by atoms with Gasteiger partial charge in [0, 0.05) is 6.20 Å². The standard InChI is InChI=1S/C8H7N5O/c9-8-5(2-1-3-10-8)7(14)6-4-11-13-12-6/h1-4H,(H2,9,10)(H,11,12,13). The number of carbonyl (C=O) groups excluding carboxylic acids is 1. The summed E-state index contributed by atoms with van der Waals surface area (Å²) in [5.41, 5.74) is 6.10. The number of H-pyrrole nitrogens is 1. The third-order valence-electron chi connectivity index (χ3n) is 1.73. The van der Waals surface area contributed by atoms with Gasteiger partial charge in [-0.25, -0.2) is 4.98 Å². The van der Waals surface area contributed by atoms with E-state index in [1.807, 2.05) is 0 Å². The summed E-state index contributed by atoms with van der Waals surface area (Å²) in [6.45, 7) is 0. The molecule has 2 rings (SSSR count). The normalized spacial score (nSPS) is 10.0. The largest absolute Gasteiger partial charge is 0.383 e. The Bertz CT molecular complexity index is 451. The molecule has 0 aliphatic carbocycles.